The molecule has 1 heterocycles. The average molecular weight is 295 g/mol. The third-order valence-electron chi connectivity index (χ3n) is 2.26. The summed E-state index contributed by atoms with van der Waals surface area (Å²) in [6.45, 7) is 0.640. The lowest BCUT2D eigenvalue weighted by Crippen LogP contribution is -2.29. The number of aromatic nitrogens is 2. The number of hydrogen-bond acceptors (Lipinski definition) is 4. The van der Waals surface area contributed by atoms with Crippen molar-refractivity contribution >= 4 is 5.91 Å². The molecule has 9 heteroatoms. The number of nitrogens with zero attached hydrogens (tertiary/aromatic N) is 2. The minimum atomic E-state index is -4.51. The highest BCUT2D eigenvalue weighted by atomic mass is 19.4. The summed E-state index contributed by atoms with van der Waals surface area (Å²) in [5.41, 5.74) is -1.03. The summed E-state index contributed by atoms with van der Waals surface area (Å²) in [4.78, 5) is 11.4. The lowest BCUT2D eigenvalue weighted by Gasteiger charge is -2.06. The Morgan fingerprint density at radius 2 is 2.20 bits per heavy atom. The van der Waals surface area contributed by atoms with Crippen molar-refractivity contribution in [3.8, 4) is 0 Å². The van der Waals surface area contributed by atoms with Gasteiger partial charge in [-0.05, 0) is 12.5 Å². The molecule has 114 valence electrons. The lowest BCUT2D eigenvalue weighted by atomic mass is 10.4. The average Bonchev–Trinajstić information content (AvgIpc) is 2.82. The summed E-state index contributed by atoms with van der Waals surface area (Å²) in [7, 11) is 0. The van der Waals surface area contributed by atoms with Gasteiger partial charge >= 0.3 is 6.18 Å². The highest BCUT2D eigenvalue weighted by Gasteiger charge is 2.33. The van der Waals surface area contributed by atoms with Crippen LogP contribution in [0, 0.1) is 0 Å². The van der Waals surface area contributed by atoms with Crippen molar-refractivity contribution in [2.75, 3.05) is 26.4 Å². The van der Waals surface area contributed by atoms with Crippen LogP contribution < -0.4 is 5.32 Å². The molecular weight excluding hydrogens is 279 g/mol. The lowest BCUT2D eigenvalue weighted by molar-refractivity contribution is -0.141. The van der Waals surface area contributed by atoms with E-state index in [1.54, 1.807) is 0 Å². The molecule has 0 aliphatic carbocycles. The number of halogens is 3. The van der Waals surface area contributed by atoms with Crippen molar-refractivity contribution in [1.82, 2.24) is 15.1 Å². The number of rotatable bonds is 8. The van der Waals surface area contributed by atoms with E-state index in [2.05, 4.69) is 10.4 Å². The SMILES string of the molecule is O=C(Cn1ccc(C(F)(F)F)n1)NCCCOCCO. The Morgan fingerprint density at radius 1 is 1.45 bits per heavy atom. The fraction of sp³-hybridized carbons (Fsp3) is 0.636. The molecule has 0 unspecified atom stereocenters. The van der Waals surface area contributed by atoms with Gasteiger partial charge in [-0.25, -0.2) is 0 Å². The van der Waals surface area contributed by atoms with E-state index in [0.717, 1.165) is 16.9 Å². The molecule has 0 bridgehead atoms. The minimum absolute atomic E-state index is 0.0623. The molecule has 0 fully saturated rings. The number of hydrogen-bond donors (Lipinski definition) is 2. The maximum Gasteiger partial charge on any atom is 0.435 e. The molecule has 1 aromatic heterocycles. The quantitative estimate of drug-likeness (QED) is 0.681. The Balaban J connectivity index is 2.24. The predicted octanol–water partition coefficient (Wildman–Crippen LogP) is 0.417. The highest BCUT2D eigenvalue weighted by molar-refractivity contribution is 5.75. The largest absolute Gasteiger partial charge is 0.435 e. The van der Waals surface area contributed by atoms with Gasteiger partial charge in [0.25, 0.3) is 0 Å². The van der Waals surface area contributed by atoms with E-state index in [-0.39, 0.29) is 19.8 Å². The summed E-state index contributed by atoms with van der Waals surface area (Å²) in [6.07, 6.45) is -2.85. The van der Waals surface area contributed by atoms with Crippen molar-refractivity contribution in [3.05, 3.63) is 18.0 Å². The van der Waals surface area contributed by atoms with Gasteiger partial charge in [-0.2, -0.15) is 18.3 Å². The van der Waals surface area contributed by atoms with E-state index in [0.29, 0.717) is 19.6 Å². The van der Waals surface area contributed by atoms with Gasteiger partial charge in [-0.3, -0.25) is 9.48 Å². The number of aliphatic hydroxyl groups is 1. The van der Waals surface area contributed by atoms with Gasteiger partial charge in [0, 0.05) is 19.3 Å². The van der Waals surface area contributed by atoms with Gasteiger partial charge in [-0.15, -0.1) is 0 Å². The third-order valence-corrected chi connectivity index (χ3v) is 2.26. The summed E-state index contributed by atoms with van der Waals surface area (Å²) in [6, 6.07) is 0.815. The molecule has 0 saturated carbocycles. The fourth-order valence-electron chi connectivity index (χ4n) is 1.37. The molecule has 0 atom stereocenters. The number of nitrogens with one attached hydrogen (secondary N) is 1. The van der Waals surface area contributed by atoms with Crippen molar-refractivity contribution in [2.45, 2.75) is 19.1 Å². The Labute approximate surface area is 113 Å². The first-order chi connectivity index (χ1) is 9.43. The molecule has 0 spiro atoms. The van der Waals surface area contributed by atoms with Crippen LogP contribution in [-0.2, 0) is 22.3 Å². The van der Waals surface area contributed by atoms with Crippen LogP contribution in [0.1, 0.15) is 12.1 Å². The predicted molar refractivity (Wildman–Crippen MR) is 62.8 cm³/mol. The molecule has 0 aliphatic heterocycles. The van der Waals surface area contributed by atoms with E-state index in [1.807, 2.05) is 0 Å². The Kier molecular flexibility index (Phi) is 6.46. The maximum atomic E-state index is 12.3. The standard InChI is InChI=1S/C11H16F3N3O3/c12-11(13,14)9-2-4-17(16-9)8-10(19)15-3-1-6-20-7-5-18/h2,4,18H,1,3,5-8H2,(H,15,19). The normalized spacial score (nSPS) is 11.6. The van der Waals surface area contributed by atoms with Crippen molar-refractivity contribution in [3.63, 3.8) is 0 Å². The van der Waals surface area contributed by atoms with Crippen LogP contribution in [0.5, 0.6) is 0 Å². The van der Waals surface area contributed by atoms with Crippen molar-refractivity contribution in [1.29, 1.82) is 0 Å². The molecule has 0 radical (unpaired) electrons. The number of carbonyl (C=O) groups excluding carboxylic acids is 1. The topological polar surface area (TPSA) is 76.4 Å². The third kappa shape index (κ3) is 6.02. The molecule has 1 amide bonds. The first-order valence-electron chi connectivity index (χ1n) is 5.99. The Bertz CT molecular complexity index is 421. The number of carbonyl (C=O) groups is 1. The first kappa shape index (κ1) is 16.4. The number of aliphatic hydroxyl groups excluding tert-OH is 1. The summed E-state index contributed by atoms with van der Waals surface area (Å²) in [5.74, 6) is -0.427. The Hall–Kier alpha value is -1.61. The zero-order chi connectivity index (χ0) is 15.0. The molecule has 1 aromatic rings. The van der Waals surface area contributed by atoms with Crippen LogP contribution in [0.4, 0.5) is 13.2 Å². The monoisotopic (exact) mass is 295 g/mol. The van der Waals surface area contributed by atoms with Gasteiger partial charge in [0.1, 0.15) is 6.54 Å². The molecule has 2 N–H and O–H groups in total. The summed E-state index contributed by atoms with van der Waals surface area (Å²) >= 11 is 0. The van der Waals surface area contributed by atoms with Gasteiger partial charge in [0.05, 0.1) is 13.2 Å². The van der Waals surface area contributed by atoms with Crippen LogP contribution >= 0.6 is 0 Å². The van der Waals surface area contributed by atoms with Crippen LogP contribution in [-0.4, -0.2) is 47.2 Å². The highest BCUT2D eigenvalue weighted by Crippen LogP contribution is 2.27. The van der Waals surface area contributed by atoms with Crippen molar-refractivity contribution in [2.24, 2.45) is 0 Å². The molecular formula is C11H16F3N3O3. The summed E-state index contributed by atoms with van der Waals surface area (Å²) < 4.78 is 42.8. The molecule has 1 rings (SSSR count). The molecule has 6 nitrogen and oxygen atoms in total. The smallest absolute Gasteiger partial charge is 0.394 e. The second kappa shape index (κ2) is 7.85. The molecule has 0 aliphatic rings. The van der Waals surface area contributed by atoms with Crippen LogP contribution in [0.25, 0.3) is 0 Å². The molecule has 20 heavy (non-hydrogen) atoms. The van der Waals surface area contributed by atoms with Gasteiger partial charge in [0.15, 0.2) is 5.69 Å². The molecule has 0 saturated heterocycles. The van der Waals surface area contributed by atoms with E-state index in [4.69, 9.17) is 9.84 Å². The maximum absolute atomic E-state index is 12.3. The van der Waals surface area contributed by atoms with E-state index in [1.165, 1.54) is 0 Å². The number of amides is 1. The zero-order valence-electron chi connectivity index (χ0n) is 10.7. The second-order valence-electron chi connectivity index (χ2n) is 3.94. The first-order valence-corrected chi connectivity index (χ1v) is 5.99. The van der Waals surface area contributed by atoms with Crippen molar-refractivity contribution < 1.29 is 27.8 Å². The van der Waals surface area contributed by atoms with Gasteiger partial charge in [-0.1, -0.05) is 0 Å². The number of alkyl halides is 3. The van der Waals surface area contributed by atoms with Gasteiger partial charge < -0.3 is 15.2 Å². The fourth-order valence-corrected chi connectivity index (χ4v) is 1.37. The number of ether oxygens (including phenoxy) is 1. The minimum Gasteiger partial charge on any atom is -0.394 e. The van der Waals surface area contributed by atoms with Crippen LogP contribution in [0.15, 0.2) is 12.3 Å². The van der Waals surface area contributed by atoms with E-state index < -0.39 is 17.8 Å². The second-order valence-corrected chi connectivity index (χ2v) is 3.94. The Morgan fingerprint density at radius 3 is 2.80 bits per heavy atom. The van der Waals surface area contributed by atoms with Gasteiger partial charge in [0.2, 0.25) is 5.91 Å². The van der Waals surface area contributed by atoms with E-state index in [9.17, 15) is 18.0 Å². The van der Waals surface area contributed by atoms with Crippen LogP contribution in [0.2, 0.25) is 0 Å². The molecule has 0 aromatic carbocycles. The zero-order valence-corrected chi connectivity index (χ0v) is 10.7. The summed E-state index contributed by atoms with van der Waals surface area (Å²) in [5, 5.41) is 14.3. The van der Waals surface area contributed by atoms with E-state index >= 15 is 0 Å². The van der Waals surface area contributed by atoms with Crippen LogP contribution in [0.3, 0.4) is 0 Å².